The molecule has 3 aromatic carbocycles. The fraction of sp³-hybridized carbons (Fsp3) is 0.148. The minimum atomic E-state index is -0.421. The molecule has 4 rings (SSSR count). The van der Waals surface area contributed by atoms with E-state index in [0.717, 1.165) is 5.56 Å². The number of carbonyl (C=O) groups excluding carboxylic acids is 2. The van der Waals surface area contributed by atoms with Gasteiger partial charge in [-0.25, -0.2) is 9.48 Å². The monoisotopic (exact) mass is 555 g/mol. The van der Waals surface area contributed by atoms with Crippen molar-refractivity contribution < 1.29 is 9.59 Å². The van der Waals surface area contributed by atoms with Gasteiger partial charge in [0.1, 0.15) is 12.4 Å². The molecule has 1 heterocycles. The fourth-order valence-electron chi connectivity index (χ4n) is 3.62. The van der Waals surface area contributed by atoms with Crippen LogP contribution in [0.2, 0.25) is 15.1 Å². The molecule has 0 saturated heterocycles. The second kappa shape index (κ2) is 11.7. The van der Waals surface area contributed by atoms with E-state index in [0.29, 0.717) is 38.0 Å². The van der Waals surface area contributed by atoms with E-state index < -0.39 is 11.9 Å². The van der Waals surface area contributed by atoms with Crippen LogP contribution in [0.15, 0.2) is 78.9 Å². The SMILES string of the molecule is CC(C)N(CC(=O)Nc1cc(-c2ccccc2)nn1-c1ccc(Cl)c(Cl)c1)C(=O)Nc1cccc(Cl)c1. The van der Waals surface area contributed by atoms with E-state index in [1.165, 1.54) is 4.90 Å². The summed E-state index contributed by atoms with van der Waals surface area (Å²) in [7, 11) is 0. The first-order valence-electron chi connectivity index (χ1n) is 11.4. The highest BCUT2D eigenvalue weighted by molar-refractivity contribution is 6.42. The van der Waals surface area contributed by atoms with Gasteiger partial charge in [0.25, 0.3) is 0 Å². The van der Waals surface area contributed by atoms with Crippen LogP contribution >= 0.6 is 34.8 Å². The van der Waals surface area contributed by atoms with E-state index in [1.807, 2.05) is 44.2 Å². The van der Waals surface area contributed by atoms with Crippen molar-refractivity contribution in [3.63, 3.8) is 0 Å². The van der Waals surface area contributed by atoms with E-state index in [2.05, 4.69) is 15.7 Å². The van der Waals surface area contributed by atoms with Crippen molar-refractivity contribution in [2.75, 3.05) is 17.2 Å². The maximum Gasteiger partial charge on any atom is 0.322 e. The maximum absolute atomic E-state index is 13.1. The Morgan fingerprint density at radius 1 is 0.892 bits per heavy atom. The molecule has 0 atom stereocenters. The second-order valence-corrected chi connectivity index (χ2v) is 9.75. The summed E-state index contributed by atoms with van der Waals surface area (Å²) in [6.45, 7) is 3.48. The summed E-state index contributed by atoms with van der Waals surface area (Å²) in [6.07, 6.45) is 0. The molecule has 1 aromatic heterocycles. The van der Waals surface area contributed by atoms with Gasteiger partial charge in [0, 0.05) is 28.4 Å². The number of carbonyl (C=O) groups is 2. The average molecular weight is 557 g/mol. The molecule has 3 amide bonds. The zero-order valence-corrected chi connectivity index (χ0v) is 22.3. The summed E-state index contributed by atoms with van der Waals surface area (Å²) in [5.74, 6) is 0.0250. The molecule has 0 saturated carbocycles. The Hall–Kier alpha value is -3.52. The Bertz CT molecular complexity index is 1420. The number of halogens is 3. The van der Waals surface area contributed by atoms with Crippen LogP contribution in [0.4, 0.5) is 16.3 Å². The standard InChI is InChI=1S/C27H24Cl3N5O2/c1-17(2)34(27(37)31-20-10-6-9-19(28)13-20)16-26(36)32-25-15-24(18-7-4-3-5-8-18)33-35(25)21-11-12-22(29)23(30)14-21/h3-15,17H,16H2,1-2H3,(H,31,37)(H,32,36). The lowest BCUT2D eigenvalue weighted by Crippen LogP contribution is -2.44. The predicted octanol–water partition coefficient (Wildman–Crippen LogP) is 7.38. The minimum Gasteiger partial charge on any atom is -0.313 e. The molecule has 4 aromatic rings. The lowest BCUT2D eigenvalue weighted by atomic mass is 10.1. The van der Waals surface area contributed by atoms with Crippen LogP contribution in [0.3, 0.4) is 0 Å². The predicted molar refractivity (Wildman–Crippen MR) is 150 cm³/mol. The molecule has 0 aliphatic rings. The molecule has 2 N–H and O–H groups in total. The first-order chi connectivity index (χ1) is 17.7. The van der Waals surface area contributed by atoms with Gasteiger partial charge in [-0.15, -0.1) is 0 Å². The first kappa shape index (κ1) is 26.5. The lowest BCUT2D eigenvalue weighted by Gasteiger charge is -2.26. The topological polar surface area (TPSA) is 79.3 Å². The molecule has 190 valence electrons. The number of nitrogens with zero attached hydrogens (tertiary/aromatic N) is 3. The molecule has 0 bridgehead atoms. The number of anilines is 2. The number of amides is 3. The van der Waals surface area contributed by atoms with Crippen LogP contribution in [0.1, 0.15) is 13.8 Å². The number of rotatable bonds is 7. The van der Waals surface area contributed by atoms with E-state index in [-0.39, 0.29) is 12.6 Å². The van der Waals surface area contributed by atoms with Gasteiger partial charge in [0.15, 0.2) is 0 Å². The van der Waals surface area contributed by atoms with Crippen molar-refractivity contribution in [1.29, 1.82) is 0 Å². The quantitative estimate of drug-likeness (QED) is 0.249. The third-order valence-electron chi connectivity index (χ3n) is 5.47. The van der Waals surface area contributed by atoms with Crippen LogP contribution in [-0.4, -0.2) is 39.2 Å². The molecular weight excluding hydrogens is 533 g/mol. The summed E-state index contributed by atoms with van der Waals surface area (Å²) in [6, 6.07) is 22.6. The molecule has 0 spiro atoms. The Labute approximate surface area is 229 Å². The Kier molecular flexibility index (Phi) is 8.38. The number of hydrogen-bond acceptors (Lipinski definition) is 3. The average Bonchev–Trinajstić information content (AvgIpc) is 3.28. The van der Waals surface area contributed by atoms with E-state index in [4.69, 9.17) is 34.8 Å². The lowest BCUT2D eigenvalue weighted by molar-refractivity contribution is -0.117. The van der Waals surface area contributed by atoms with Gasteiger partial charge >= 0.3 is 6.03 Å². The van der Waals surface area contributed by atoms with E-state index in [9.17, 15) is 9.59 Å². The summed E-state index contributed by atoms with van der Waals surface area (Å²) >= 11 is 18.4. The molecule has 37 heavy (non-hydrogen) atoms. The maximum atomic E-state index is 13.1. The summed E-state index contributed by atoms with van der Waals surface area (Å²) in [5, 5.41) is 11.6. The van der Waals surface area contributed by atoms with Crippen LogP contribution in [-0.2, 0) is 4.79 Å². The van der Waals surface area contributed by atoms with Crippen molar-refractivity contribution in [1.82, 2.24) is 14.7 Å². The molecule has 0 aliphatic heterocycles. The van der Waals surface area contributed by atoms with Gasteiger partial charge in [-0.05, 0) is 50.2 Å². The summed E-state index contributed by atoms with van der Waals surface area (Å²) < 4.78 is 1.58. The van der Waals surface area contributed by atoms with Gasteiger partial charge in [-0.2, -0.15) is 5.10 Å². The van der Waals surface area contributed by atoms with Crippen LogP contribution in [0, 0.1) is 0 Å². The normalized spacial score (nSPS) is 10.9. The Balaban J connectivity index is 1.58. The van der Waals surface area contributed by atoms with E-state index >= 15 is 0 Å². The highest BCUT2D eigenvalue weighted by atomic mass is 35.5. The van der Waals surface area contributed by atoms with Gasteiger partial charge < -0.3 is 15.5 Å². The zero-order chi connectivity index (χ0) is 26.5. The van der Waals surface area contributed by atoms with Gasteiger partial charge in [0.2, 0.25) is 5.91 Å². The largest absolute Gasteiger partial charge is 0.322 e. The number of nitrogens with one attached hydrogen (secondary N) is 2. The first-order valence-corrected chi connectivity index (χ1v) is 12.6. The van der Waals surface area contributed by atoms with Crippen LogP contribution in [0.5, 0.6) is 0 Å². The molecule has 0 radical (unpaired) electrons. The summed E-state index contributed by atoms with van der Waals surface area (Å²) in [5.41, 5.74) is 2.68. The molecule has 0 aliphatic carbocycles. The minimum absolute atomic E-state index is 0.183. The zero-order valence-electron chi connectivity index (χ0n) is 20.1. The van der Waals surface area contributed by atoms with E-state index in [1.54, 1.807) is 53.2 Å². The van der Waals surface area contributed by atoms with Crippen molar-refractivity contribution in [3.8, 4) is 16.9 Å². The third-order valence-corrected chi connectivity index (χ3v) is 6.44. The van der Waals surface area contributed by atoms with Crippen molar-refractivity contribution in [3.05, 3.63) is 93.9 Å². The van der Waals surface area contributed by atoms with Gasteiger partial charge in [0.05, 0.1) is 21.4 Å². The van der Waals surface area contributed by atoms with Crippen LogP contribution < -0.4 is 10.6 Å². The highest BCUT2D eigenvalue weighted by Crippen LogP contribution is 2.29. The Morgan fingerprint density at radius 3 is 2.32 bits per heavy atom. The number of benzene rings is 3. The highest BCUT2D eigenvalue weighted by Gasteiger charge is 2.22. The van der Waals surface area contributed by atoms with Gasteiger partial charge in [-0.1, -0.05) is 71.2 Å². The summed E-state index contributed by atoms with van der Waals surface area (Å²) in [4.78, 5) is 27.5. The third kappa shape index (κ3) is 6.63. The number of urea groups is 1. The van der Waals surface area contributed by atoms with Crippen LogP contribution in [0.25, 0.3) is 16.9 Å². The van der Waals surface area contributed by atoms with Crippen molar-refractivity contribution >= 4 is 58.2 Å². The molecule has 0 unspecified atom stereocenters. The molecule has 10 heteroatoms. The number of hydrogen-bond donors (Lipinski definition) is 2. The fourth-order valence-corrected chi connectivity index (χ4v) is 4.10. The molecule has 0 fully saturated rings. The smallest absolute Gasteiger partial charge is 0.313 e. The number of aromatic nitrogens is 2. The van der Waals surface area contributed by atoms with Crippen molar-refractivity contribution in [2.24, 2.45) is 0 Å². The second-order valence-electron chi connectivity index (χ2n) is 8.50. The Morgan fingerprint density at radius 2 is 1.65 bits per heavy atom. The molecular formula is C27H24Cl3N5O2. The van der Waals surface area contributed by atoms with Crippen molar-refractivity contribution in [2.45, 2.75) is 19.9 Å². The molecule has 7 nitrogen and oxygen atoms in total. The van der Waals surface area contributed by atoms with Gasteiger partial charge in [-0.3, -0.25) is 4.79 Å².